The smallest absolute Gasteiger partial charge is 0.191 e. The number of aliphatic imine (C=N–C) groups is 1. The van der Waals surface area contributed by atoms with Crippen LogP contribution in [0.5, 0.6) is 0 Å². The fraction of sp³-hybridized carbons (Fsp3) is 0.933. The van der Waals surface area contributed by atoms with Gasteiger partial charge in [-0.3, -0.25) is 4.99 Å². The van der Waals surface area contributed by atoms with Gasteiger partial charge in [0, 0.05) is 32.8 Å². The largest absolute Gasteiger partial charge is 0.379 e. The number of likely N-dealkylation sites (tertiary alicyclic amines) is 1. The van der Waals surface area contributed by atoms with Gasteiger partial charge < -0.3 is 20.1 Å². The minimum absolute atomic E-state index is 0.320. The molecule has 116 valence electrons. The molecule has 2 aliphatic rings. The Balaban J connectivity index is 1.52. The number of hydrogen-bond donors (Lipinski definition) is 1. The number of guanidine groups is 1. The number of rotatable bonds is 6. The van der Waals surface area contributed by atoms with Crippen LogP contribution in [0.25, 0.3) is 0 Å². The van der Waals surface area contributed by atoms with Crippen LogP contribution >= 0.6 is 0 Å². The van der Waals surface area contributed by atoms with Crippen molar-refractivity contribution in [3.8, 4) is 0 Å². The van der Waals surface area contributed by atoms with Crippen LogP contribution in [0.4, 0.5) is 0 Å². The van der Waals surface area contributed by atoms with Crippen LogP contribution in [0.3, 0.4) is 0 Å². The lowest BCUT2D eigenvalue weighted by molar-refractivity contribution is 0.0170. The summed E-state index contributed by atoms with van der Waals surface area (Å²) in [6.07, 6.45) is 8.68. The average Bonchev–Trinajstić information content (AvgIpc) is 2.82. The van der Waals surface area contributed by atoms with E-state index < -0.39 is 0 Å². The third-order valence-corrected chi connectivity index (χ3v) is 3.98. The van der Waals surface area contributed by atoms with Gasteiger partial charge >= 0.3 is 0 Å². The molecule has 0 amide bonds. The standard InChI is InChI=1S/C15H29N3O2/c16-15(18-9-3-1-2-4-10-18)17-8-6-11-19-13-14-7-5-12-20-14/h14H,1-13H2,(H2,16,17). The number of nitrogens with zero attached hydrogens (tertiary/aromatic N) is 2. The zero-order valence-electron chi connectivity index (χ0n) is 12.6. The molecule has 0 aromatic heterocycles. The molecule has 0 bridgehead atoms. The molecule has 2 aliphatic heterocycles. The lowest BCUT2D eigenvalue weighted by Crippen LogP contribution is -2.38. The van der Waals surface area contributed by atoms with E-state index in [2.05, 4.69) is 9.89 Å². The summed E-state index contributed by atoms with van der Waals surface area (Å²) in [5, 5.41) is 0. The van der Waals surface area contributed by atoms with E-state index in [1.54, 1.807) is 0 Å². The highest BCUT2D eigenvalue weighted by Gasteiger charge is 2.15. The van der Waals surface area contributed by atoms with Crippen molar-refractivity contribution in [1.29, 1.82) is 0 Å². The SMILES string of the molecule is NC(=NCCCOCC1CCCO1)N1CCCCCC1. The molecule has 1 atom stereocenters. The molecule has 0 aliphatic carbocycles. The van der Waals surface area contributed by atoms with E-state index in [0.29, 0.717) is 12.1 Å². The second-order valence-electron chi connectivity index (χ2n) is 5.70. The van der Waals surface area contributed by atoms with Crippen molar-refractivity contribution < 1.29 is 9.47 Å². The minimum atomic E-state index is 0.320. The molecule has 2 saturated heterocycles. The molecule has 0 radical (unpaired) electrons. The molecule has 0 spiro atoms. The molecule has 5 heteroatoms. The fourth-order valence-corrected chi connectivity index (χ4v) is 2.75. The summed E-state index contributed by atoms with van der Waals surface area (Å²) >= 11 is 0. The number of nitrogens with two attached hydrogens (primary N) is 1. The maximum absolute atomic E-state index is 6.05. The van der Waals surface area contributed by atoms with Gasteiger partial charge in [-0.15, -0.1) is 0 Å². The zero-order valence-corrected chi connectivity index (χ0v) is 12.6. The maximum atomic E-state index is 6.05. The molecule has 0 saturated carbocycles. The Hall–Kier alpha value is -0.810. The first kappa shape index (κ1) is 15.6. The van der Waals surface area contributed by atoms with Gasteiger partial charge in [0.2, 0.25) is 0 Å². The van der Waals surface area contributed by atoms with E-state index >= 15 is 0 Å². The Morgan fingerprint density at radius 2 is 2.00 bits per heavy atom. The highest BCUT2D eigenvalue weighted by molar-refractivity contribution is 5.78. The molecular formula is C15H29N3O2. The second kappa shape index (κ2) is 9.19. The third-order valence-electron chi connectivity index (χ3n) is 3.98. The molecule has 5 nitrogen and oxygen atoms in total. The van der Waals surface area contributed by atoms with Gasteiger partial charge in [-0.1, -0.05) is 12.8 Å². The molecule has 0 aromatic carbocycles. The monoisotopic (exact) mass is 283 g/mol. The van der Waals surface area contributed by atoms with E-state index in [4.69, 9.17) is 15.2 Å². The van der Waals surface area contributed by atoms with Crippen LogP contribution < -0.4 is 5.73 Å². The summed E-state index contributed by atoms with van der Waals surface area (Å²) in [7, 11) is 0. The van der Waals surface area contributed by atoms with Crippen molar-refractivity contribution in [1.82, 2.24) is 4.90 Å². The van der Waals surface area contributed by atoms with E-state index in [-0.39, 0.29) is 0 Å². The average molecular weight is 283 g/mol. The van der Waals surface area contributed by atoms with Gasteiger partial charge in [-0.05, 0) is 32.1 Å². The van der Waals surface area contributed by atoms with Crippen molar-refractivity contribution in [2.24, 2.45) is 10.7 Å². The first-order chi connectivity index (χ1) is 9.86. The predicted octanol–water partition coefficient (Wildman–Crippen LogP) is 1.76. The summed E-state index contributed by atoms with van der Waals surface area (Å²) < 4.78 is 11.1. The first-order valence-corrected chi connectivity index (χ1v) is 8.10. The van der Waals surface area contributed by atoms with Gasteiger partial charge in [0.1, 0.15) is 0 Å². The van der Waals surface area contributed by atoms with Gasteiger partial charge in [0.05, 0.1) is 12.7 Å². The van der Waals surface area contributed by atoms with Crippen molar-refractivity contribution in [3.05, 3.63) is 0 Å². The predicted molar refractivity (Wildman–Crippen MR) is 80.9 cm³/mol. The third kappa shape index (κ3) is 5.67. The van der Waals surface area contributed by atoms with Crippen molar-refractivity contribution in [3.63, 3.8) is 0 Å². The Labute approximate surface area is 122 Å². The molecule has 1 unspecified atom stereocenters. The van der Waals surface area contributed by atoms with Gasteiger partial charge in [-0.2, -0.15) is 0 Å². The van der Waals surface area contributed by atoms with Gasteiger partial charge in [-0.25, -0.2) is 0 Å². The molecular weight excluding hydrogens is 254 g/mol. The highest BCUT2D eigenvalue weighted by atomic mass is 16.5. The lowest BCUT2D eigenvalue weighted by atomic mass is 10.2. The minimum Gasteiger partial charge on any atom is -0.379 e. The van der Waals surface area contributed by atoms with Crippen molar-refractivity contribution >= 4 is 5.96 Å². The second-order valence-corrected chi connectivity index (χ2v) is 5.70. The van der Waals surface area contributed by atoms with Crippen LogP contribution in [-0.4, -0.2) is 56.4 Å². The topological polar surface area (TPSA) is 60.1 Å². The first-order valence-electron chi connectivity index (χ1n) is 8.10. The van der Waals surface area contributed by atoms with E-state index in [1.165, 1.54) is 32.1 Å². The number of hydrogen-bond acceptors (Lipinski definition) is 3. The van der Waals surface area contributed by atoms with Crippen molar-refractivity contribution in [2.45, 2.75) is 51.0 Å². The van der Waals surface area contributed by atoms with E-state index in [9.17, 15) is 0 Å². The highest BCUT2D eigenvalue weighted by Crippen LogP contribution is 2.12. The Morgan fingerprint density at radius 3 is 2.70 bits per heavy atom. The molecule has 2 rings (SSSR count). The van der Waals surface area contributed by atoms with Crippen LogP contribution in [0.1, 0.15) is 44.9 Å². The normalized spacial score (nSPS) is 24.9. The fourth-order valence-electron chi connectivity index (χ4n) is 2.75. The Kier molecular flexibility index (Phi) is 7.15. The lowest BCUT2D eigenvalue weighted by Gasteiger charge is -2.21. The molecule has 20 heavy (non-hydrogen) atoms. The van der Waals surface area contributed by atoms with Gasteiger partial charge in [0.25, 0.3) is 0 Å². The Bertz CT molecular complexity index is 283. The molecule has 0 aromatic rings. The summed E-state index contributed by atoms with van der Waals surface area (Å²) in [6, 6.07) is 0. The van der Waals surface area contributed by atoms with Crippen LogP contribution in [0.15, 0.2) is 4.99 Å². The summed E-state index contributed by atoms with van der Waals surface area (Å²) in [5.41, 5.74) is 6.05. The summed E-state index contributed by atoms with van der Waals surface area (Å²) in [4.78, 5) is 6.69. The quantitative estimate of drug-likeness (QED) is 0.458. The van der Waals surface area contributed by atoms with E-state index in [0.717, 1.165) is 52.3 Å². The van der Waals surface area contributed by atoms with Crippen LogP contribution in [-0.2, 0) is 9.47 Å². The summed E-state index contributed by atoms with van der Waals surface area (Å²) in [5.74, 6) is 0.714. The van der Waals surface area contributed by atoms with Crippen LogP contribution in [0.2, 0.25) is 0 Å². The van der Waals surface area contributed by atoms with Gasteiger partial charge in [0.15, 0.2) is 5.96 Å². The zero-order chi connectivity index (χ0) is 14.0. The molecule has 2 heterocycles. The Morgan fingerprint density at radius 1 is 1.20 bits per heavy atom. The molecule has 2 N–H and O–H groups in total. The van der Waals surface area contributed by atoms with Crippen LogP contribution in [0, 0.1) is 0 Å². The molecule has 2 fully saturated rings. The summed E-state index contributed by atoms with van der Waals surface area (Å²) in [6.45, 7) is 5.25. The van der Waals surface area contributed by atoms with Crippen molar-refractivity contribution in [2.75, 3.05) is 39.5 Å². The van der Waals surface area contributed by atoms with E-state index in [1.807, 2.05) is 0 Å². The maximum Gasteiger partial charge on any atom is 0.191 e. The number of ether oxygens (including phenoxy) is 2.